The second-order valence-electron chi connectivity index (χ2n) is 9.17. The van der Waals surface area contributed by atoms with Gasteiger partial charge < -0.3 is 14.0 Å². The van der Waals surface area contributed by atoms with E-state index in [9.17, 15) is 0 Å². The van der Waals surface area contributed by atoms with Crippen LogP contribution < -0.4 is 5.46 Å². The zero-order valence-corrected chi connectivity index (χ0v) is 21.1. The van der Waals surface area contributed by atoms with E-state index in [0.29, 0.717) is 6.61 Å². The molecule has 1 saturated heterocycles. The molecule has 0 saturated carbocycles. The number of hydrogen-bond acceptors (Lipinski definition) is 3. The lowest BCUT2D eigenvalue weighted by Crippen LogP contribution is -2.41. The number of hydrogen-bond donors (Lipinski definition) is 0. The number of rotatable bonds is 9. The molecule has 3 nitrogen and oxygen atoms in total. The standard InChI is InChI=1S/C25H34BIO3/c1-6-7-8-9-14-28-18-19-15-21(20-10-12-23(27)13-11-20)17-22(16-19)26-29-24(2,3)25(4,5)30-26/h10-13,15-17H,6-9,14,18H2,1-5H3. The van der Waals surface area contributed by atoms with Gasteiger partial charge in [-0.25, -0.2) is 0 Å². The molecule has 0 spiro atoms. The summed E-state index contributed by atoms with van der Waals surface area (Å²) in [5, 5.41) is 0. The maximum absolute atomic E-state index is 6.32. The van der Waals surface area contributed by atoms with Crippen molar-refractivity contribution in [3.8, 4) is 11.1 Å². The molecule has 0 unspecified atom stereocenters. The van der Waals surface area contributed by atoms with Gasteiger partial charge >= 0.3 is 7.12 Å². The van der Waals surface area contributed by atoms with Crippen LogP contribution >= 0.6 is 22.6 Å². The summed E-state index contributed by atoms with van der Waals surface area (Å²) in [7, 11) is -0.373. The van der Waals surface area contributed by atoms with Crippen molar-refractivity contribution in [2.24, 2.45) is 0 Å². The fourth-order valence-electron chi connectivity index (χ4n) is 3.55. The Hall–Kier alpha value is -0.885. The minimum Gasteiger partial charge on any atom is -0.399 e. The first-order chi connectivity index (χ1) is 14.2. The summed E-state index contributed by atoms with van der Waals surface area (Å²) in [6.07, 6.45) is 4.88. The summed E-state index contributed by atoms with van der Waals surface area (Å²) in [4.78, 5) is 0. The van der Waals surface area contributed by atoms with Gasteiger partial charge in [0.1, 0.15) is 0 Å². The van der Waals surface area contributed by atoms with Gasteiger partial charge in [-0.3, -0.25) is 0 Å². The predicted octanol–water partition coefficient (Wildman–Crippen LogP) is 6.35. The summed E-state index contributed by atoms with van der Waals surface area (Å²) in [5.41, 5.74) is 3.86. The Morgan fingerprint density at radius 3 is 2.17 bits per heavy atom. The Morgan fingerprint density at radius 2 is 1.53 bits per heavy atom. The van der Waals surface area contributed by atoms with E-state index in [4.69, 9.17) is 14.0 Å². The topological polar surface area (TPSA) is 27.7 Å². The molecular formula is C25H34BIO3. The average Bonchev–Trinajstić information content (AvgIpc) is 2.92. The molecule has 1 aliphatic rings. The van der Waals surface area contributed by atoms with Gasteiger partial charge in [0.15, 0.2) is 0 Å². The van der Waals surface area contributed by atoms with E-state index in [2.05, 4.69) is 99.7 Å². The normalized spacial score (nSPS) is 17.5. The smallest absolute Gasteiger partial charge is 0.399 e. The molecule has 3 rings (SSSR count). The second kappa shape index (κ2) is 10.2. The van der Waals surface area contributed by atoms with E-state index in [1.807, 2.05) is 0 Å². The van der Waals surface area contributed by atoms with Crippen LogP contribution in [0.5, 0.6) is 0 Å². The quantitative estimate of drug-likeness (QED) is 0.219. The first-order valence-corrected chi connectivity index (χ1v) is 12.1. The van der Waals surface area contributed by atoms with Crippen LogP contribution in [0, 0.1) is 3.57 Å². The fraction of sp³-hybridized carbons (Fsp3) is 0.520. The molecule has 0 radical (unpaired) electrons. The lowest BCUT2D eigenvalue weighted by molar-refractivity contribution is 0.00578. The summed E-state index contributed by atoms with van der Waals surface area (Å²) in [6.45, 7) is 12.0. The lowest BCUT2D eigenvalue weighted by Gasteiger charge is -2.32. The summed E-state index contributed by atoms with van der Waals surface area (Å²) in [5.74, 6) is 0. The second-order valence-corrected chi connectivity index (χ2v) is 10.4. The molecule has 2 aromatic carbocycles. The highest BCUT2D eigenvalue weighted by atomic mass is 127. The van der Waals surface area contributed by atoms with Crippen LogP contribution in [-0.4, -0.2) is 24.9 Å². The molecule has 1 heterocycles. The van der Waals surface area contributed by atoms with Crippen molar-refractivity contribution in [1.82, 2.24) is 0 Å². The molecule has 5 heteroatoms. The van der Waals surface area contributed by atoms with Gasteiger partial charge in [-0.15, -0.1) is 0 Å². The van der Waals surface area contributed by atoms with E-state index in [1.54, 1.807) is 0 Å². The maximum atomic E-state index is 6.32. The average molecular weight is 520 g/mol. The predicted molar refractivity (Wildman–Crippen MR) is 134 cm³/mol. The Kier molecular flexibility index (Phi) is 8.05. The number of ether oxygens (including phenoxy) is 1. The molecule has 0 N–H and O–H groups in total. The zero-order valence-electron chi connectivity index (χ0n) is 19.0. The molecule has 0 bridgehead atoms. The van der Waals surface area contributed by atoms with Crippen LogP contribution in [-0.2, 0) is 20.7 Å². The van der Waals surface area contributed by atoms with Gasteiger partial charge in [-0.1, -0.05) is 50.5 Å². The summed E-state index contributed by atoms with van der Waals surface area (Å²) >= 11 is 2.34. The third-order valence-corrected chi connectivity index (χ3v) is 6.85. The van der Waals surface area contributed by atoms with Crippen molar-refractivity contribution in [2.75, 3.05) is 6.61 Å². The highest BCUT2D eigenvalue weighted by molar-refractivity contribution is 14.1. The van der Waals surface area contributed by atoms with E-state index < -0.39 is 0 Å². The summed E-state index contributed by atoms with van der Waals surface area (Å²) < 4.78 is 19.9. The van der Waals surface area contributed by atoms with Crippen LogP contribution in [0.25, 0.3) is 11.1 Å². The third-order valence-electron chi connectivity index (χ3n) is 6.13. The van der Waals surface area contributed by atoms with Gasteiger partial charge in [-0.05, 0) is 97.1 Å². The molecule has 0 aromatic heterocycles. The van der Waals surface area contributed by atoms with Crippen LogP contribution in [0.15, 0.2) is 42.5 Å². The van der Waals surface area contributed by atoms with Gasteiger partial charge in [0.2, 0.25) is 0 Å². The first-order valence-electron chi connectivity index (χ1n) is 11.0. The van der Waals surface area contributed by atoms with Gasteiger partial charge in [0.25, 0.3) is 0 Å². The first kappa shape index (κ1) is 23.8. The van der Waals surface area contributed by atoms with Crippen LogP contribution in [0.1, 0.15) is 65.9 Å². The van der Waals surface area contributed by atoms with E-state index in [0.717, 1.165) is 24.1 Å². The molecule has 162 valence electrons. The van der Waals surface area contributed by atoms with Crippen molar-refractivity contribution in [2.45, 2.75) is 78.1 Å². The van der Waals surface area contributed by atoms with Gasteiger partial charge in [0, 0.05) is 10.2 Å². The molecule has 30 heavy (non-hydrogen) atoms. The highest BCUT2D eigenvalue weighted by Gasteiger charge is 2.51. The lowest BCUT2D eigenvalue weighted by atomic mass is 9.77. The molecule has 0 amide bonds. The molecule has 0 aliphatic carbocycles. The minimum absolute atomic E-state index is 0.355. The molecule has 1 aliphatic heterocycles. The Morgan fingerprint density at radius 1 is 0.867 bits per heavy atom. The van der Waals surface area contributed by atoms with E-state index in [1.165, 1.54) is 34.0 Å². The van der Waals surface area contributed by atoms with Crippen molar-refractivity contribution in [3.05, 3.63) is 51.6 Å². The van der Waals surface area contributed by atoms with Crippen LogP contribution in [0.2, 0.25) is 0 Å². The van der Waals surface area contributed by atoms with E-state index >= 15 is 0 Å². The van der Waals surface area contributed by atoms with Crippen molar-refractivity contribution in [1.29, 1.82) is 0 Å². The Bertz CT molecular complexity index is 817. The van der Waals surface area contributed by atoms with Gasteiger partial charge in [-0.2, -0.15) is 0 Å². The Labute approximate surface area is 196 Å². The SMILES string of the molecule is CCCCCCOCc1cc(B2OC(C)(C)C(C)(C)O2)cc(-c2ccc(I)cc2)c1. The minimum atomic E-state index is -0.373. The van der Waals surface area contributed by atoms with Crippen molar-refractivity contribution >= 4 is 35.2 Å². The highest BCUT2D eigenvalue weighted by Crippen LogP contribution is 2.37. The molecule has 0 atom stereocenters. The molecule has 2 aromatic rings. The van der Waals surface area contributed by atoms with Crippen molar-refractivity contribution < 1.29 is 14.0 Å². The summed E-state index contributed by atoms with van der Waals surface area (Å²) in [6, 6.07) is 15.2. The van der Waals surface area contributed by atoms with Crippen molar-refractivity contribution in [3.63, 3.8) is 0 Å². The maximum Gasteiger partial charge on any atom is 0.494 e. The van der Waals surface area contributed by atoms with Crippen LogP contribution in [0.4, 0.5) is 0 Å². The number of halogens is 1. The molecule has 1 fully saturated rings. The monoisotopic (exact) mass is 520 g/mol. The zero-order chi connectivity index (χ0) is 21.8. The van der Waals surface area contributed by atoms with Crippen LogP contribution in [0.3, 0.4) is 0 Å². The fourth-order valence-corrected chi connectivity index (χ4v) is 3.91. The number of benzene rings is 2. The Balaban J connectivity index is 1.82. The molecular weight excluding hydrogens is 486 g/mol. The van der Waals surface area contributed by atoms with Gasteiger partial charge in [0.05, 0.1) is 17.8 Å². The number of unbranched alkanes of at least 4 members (excludes halogenated alkanes) is 3. The largest absolute Gasteiger partial charge is 0.494 e. The third kappa shape index (κ3) is 5.87. The van der Waals surface area contributed by atoms with E-state index in [-0.39, 0.29) is 18.3 Å².